The summed E-state index contributed by atoms with van der Waals surface area (Å²) in [6, 6.07) is 8.98. The Morgan fingerprint density at radius 2 is 1.56 bits per heavy atom. The third kappa shape index (κ3) is 5.42. The van der Waals surface area contributed by atoms with E-state index in [1.54, 1.807) is 0 Å². The van der Waals surface area contributed by atoms with E-state index in [4.69, 9.17) is 0 Å². The van der Waals surface area contributed by atoms with E-state index >= 15 is 0 Å². The number of nitrogens with one attached hydrogen (secondary N) is 1. The first-order chi connectivity index (χ1) is 16.3. The van der Waals surface area contributed by atoms with Gasteiger partial charge in [0, 0.05) is 44.6 Å². The minimum Gasteiger partial charge on any atom is -0.339 e. The number of urea groups is 1. The zero-order valence-corrected chi connectivity index (χ0v) is 20.2. The number of nitrogens with zero attached hydrogens (tertiary/aromatic N) is 3. The van der Waals surface area contributed by atoms with Gasteiger partial charge in [-0.1, -0.05) is 44.2 Å². The van der Waals surface area contributed by atoms with Gasteiger partial charge in [0.2, 0.25) is 17.7 Å². The largest absolute Gasteiger partial charge is 0.339 e. The van der Waals surface area contributed by atoms with E-state index < -0.39 is 0 Å². The van der Waals surface area contributed by atoms with Gasteiger partial charge < -0.3 is 15.1 Å². The third-order valence-electron chi connectivity index (χ3n) is 7.46. The summed E-state index contributed by atoms with van der Waals surface area (Å²) in [5, 5.41) is 2.97. The van der Waals surface area contributed by atoms with E-state index in [1.807, 2.05) is 54.0 Å². The van der Waals surface area contributed by atoms with Crippen molar-refractivity contribution in [2.75, 3.05) is 32.7 Å². The SMILES string of the molecule is CC(C)C(=O)N1CCN(C(=O)[C@H]2CC[C@H](CN3C(=O)CC(c4ccccc4)NC3=O)CC2)CC1. The number of imide groups is 1. The molecule has 5 amide bonds. The van der Waals surface area contributed by atoms with Crippen LogP contribution in [-0.4, -0.2) is 71.2 Å². The molecule has 3 aliphatic rings. The molecule has 0 bridgehead atoms. The molecule has 1 aromatic rings. The summed E-state index contributed by atoms with van der Waals surface area (Å²) < 4.78 is 0. The molecule has 184 valence electrons. The van der Waals surface area contributed by atoms with E-state index in [0.717, 1.165) is 31.2 Å². The Morgan fingerprint density at radius 1 is 0.941 bits per heavy atom. The van der Waals surface area contributed by atoms with Crippen molar-refractivity contribution < 1.29 is 19.2 Å². The van der Waals surface area contributed by atoms with Crippen molar-refractivity contribution in [2.45, 2.75) is 52.0 Å². The number of amides is 5. The van der Waals surface area contributed by atoms with Crippen molar-refractivity contribution in [3.63, 3.8) is 0 Å². The van der Waals surface area contributed by atoms with Crippen molar-refractivity contribution in [1.29, 1.82) is 0 Å². The van der Waals surface area contributed by atoms with E-state index in [2.05, 4.69) is 5.32 Å². The lowest BCUT2D eigenvalue weighted by atomic mass is 9.81. The zero-order valence-electron chi connectivity index (χ0n) is 20.2. The number of hydrogen-bond acceptors (Lipinski definition) is 4. The van der Waals surface area contributed by atoms with Gasteiger partial charge in [0.25, 0.3) is 0 Å². The van der Waals surface area contributed by atoms with Gasteiger partial charge in [-0.15, -0.1) is 0 Å². The fourth-order valence-electron chi connectivity index (χ4n) is 5.37. The minimum absolute atomic E-state index is 0.00283. The molecular weight excluding hydrogens is 432 g/mol. The molecule has 1 atom stereocenters. The summed E-state index contributed by atoms with van der Waals surface area (Å²) in [7, 11) is 0. The molecule has 1 saturated carbocycles. The van der Waals surface area contributed by atoms with Crippen LogP contribution in [0.4, 0.5) is 4.79 Å². The lowest BCUT2D eigenvalue weighted by molar-refractivity contribution is -0.144. The highest BCUT2D eigenvalue weighted by atomic mass is 16.2. The van der Waals surface area contributed by atoms with Crippen LogP contribution in [0.1, 0.15) is 57.6 Å². The molecule has 0 spiro atoms. The van der Waals surface area contributed by atoms with E-state index in [1.165, 1.54) is 4.90 Å². The number of benzene rings is 1. The first kappa shape index (κ1) is 24.2. The first-order valence-corrected chi connectivity index (χ1v) is 12.6. The summed E-state index contributed by atoms with van der Waals surface area (Å²) in [5.74, 6) is 0.413. The Labute approximate surface area is 201 Å². The maximum Gasteiger partial charge on any atom is 0.324 e. The van der Waals surface area contributed by atoms with Gasteiger partial charge in [0.15, 0.2) is 0 Å². The molecule has 34 heavy (non-hydrogen) atoms. The van der Waals surface area contributed by atoms with Crippen molar-refractivity contribution in [3.8, 4) is 0 Å². The molecule has 8 nitrogen and oxygen atoms in total. The zero-order chi connectivity index (χ0) is 24.2. The predicted octanol–water partition coefficient (Wildman–Crippen LogP) is 2.80. The summed E-state index contributed by atoms with van der Waals surface area (Å²) in [6.07, 6.45) is 3.51. The molecule has 4 rings (SSSR count). The average Bonchev–Trinajstić information content (AvgIpc) is 2.86. The molecule has 1 aromatic carbocycles. The van der Waals surface area contributed by atoms with Crippen molar-refractivity contribution in [3.05, 3.63) is 35.9 Å². The van der Waals surface area contributed by atoms with Gasteiger partial charge >= 0.3 is 6.03 Å². The highest BCUT2D eigenvalue weighted by Gasteiger charge is 2.37. The molecule has 1 N–H and O–H groups in total. The lowest BCUT2D eigenvalue weighted by Gasteiger charge is -2.39. The Hall–Kier alpha value is -2.90. The van der Waals surface area contributed by atoms with Crippen molar-refractivity contribution in [1.82, 2.24) is 20.0 Å². The number of hydrogen-bond donors (Lipinski definition) is 1. The second-order valence-corrected chi connectivity index (χ2v) is 10.1. The van der Waals surface area contributed by atoms with Crippen LogP contribution in [-0.2, 0) is 14.4 Å². The minimum atomic E-state index is -0.322. The summed E-state index contributed by atoms with van der Waals surface area (Å²) >= 11 is 0. The van der Waals surface area contributed by atoms with Crippen molar-refractivity contribution >= 4 is 23.8 Å². The average molecular weight is 469 g/mol. The quantitative estimate of drug-likeness (QED) is 0.720. The second-order valence-electron chi connectivity index (χ2n) is 10.1. The van der Waals surface area contributed by atoms with Gasteiger partial charge in [0.05, 0.1) is 12.5 Å². The molecule has 2 heterocycles. The second kappa shape index (κ2) is 10.6. The number of carbonyl (C=O) groups excluding carboxylic acids is 4. The van der Waals surface area contributed by atoms with Gasteiger partial charge in [-0.3, -0.25) is 19.3 Å². The van der Waals surface area contributed by atoms with Crippen LogP contribution < -0.4 is 5.32 Å². The van der Waals surface area contributed by atoms with Crippen LogP contribution >= 0.6 is 0 Å². The number of rotatable bonds is 5. The highest BCUT2D eigenvalue weighted by Crippen LogP contribution is 2.32. The van der Waals surface area contributed by atoms with Gasteiger partial charge in [-0.05, 0) is 37.2 Å². The number of piperazine rings is 1. The van der Waals surface area contributed by atoms with Gasteiger partial charge in [-0.25, -0.2) is 4.79 Å². The Bertz CT molecular complexity index is 885. The maximum atomic E-state index is 13.0. The fourth-order valence-corrected chi connectivity index (χ4v) is 5.37. The Balaban J connectivity index is 1.23. The van der Waals surface area contributed by atoms with E-state index in [0.29, 0.717) is 32.7 Å². The molecule has 0 aromatic heterocycles. The fraction of sp³-hybridized carbons (Fsp3) is 0.615. The van der Waals surface area contributed by atoms with Crippen LogP contribution in [0.15, 0.2) is 30.3 Å². The smallest absolute Gasteiger partial charge is 0.324 e. The molecule has 2 aliphatic heterocycles. The Kier molecular flexibility index (Phi) is 7.54. The molecule has 0 radical (unpaired) electrons. The predicted molar refractivity (Wildman–Crippen MR) is 127 cm³/mol. The number of carbonyl (C=O) groups is 4. The van der Waals surface area contributed by atoms with Crippen LogP contribution in [0.3, 0.4) is 0 Å². The molecule has 2 saturated heterocycles. The van der Waals surface area contributed by atoms with Crippen LogP contribution in [0.25, 0.3) is 0 Å². The van der Waals surface area contributed by atoms with Crippen LogP contribution in [0.2, 0.25) is 0 Å². The molecule has 1 unspecified atom stereocenters. The Morgan fingerprint density at radius 3 is 2.15 bits per heavy atom. The van der Waals surface area contributed by atoms with Crippen LogP contribution in [0.5, 0.6) is 0 Å². The van der Waals surface area contributed by atoms with Gasteiger partial charge in [-0.2, -0.15) is 0 Å². The lowest BCUT2D eigenvalue weighted by Crippen LogP contribution is -2.53. The monoisotopic (exact) mass is 468 g/mol. The molecular formula is C26H36N4O4. The highest BCUT2D eigenvalue weighted by molar-refractivity contribution is 5.97. The molecule has 3 fully saturated rings. The van der Waals surface area contributed by atoms with Crippen LogP contribution in [0, 0.1) is 17.8 Å². The first-order valence-electron chi connectivity index (χ1n) is 12.6. The summed E-state index contributed by atoms with van der Waals surface area (Å²) in [5.41, 5.74) is 0.942. The summed E-state index contributed by atoms with van der Waals surface area (Å²) in [4.78, 5) is 55.7. The maximum absolute atomic E-state index is 13.0. The van der Waals surface area contributed by atoms with E-state index in [-0.39, 0.29) is 54.0 Å². The van der Waals surface area contributed by atoms with E-state index in [9.17, 15) is 19.2 Å². The topological polar surface area (TPSA) is 90.0 Å². The molecule has 8 heteroatoms. The standard InChI is InChI=1S/C26H36N4O4/c1-18(2)24(32)28-12-14-29(15-13-28)25(33)21-10-8-19(9-11-21)17-30-23(31)16-22(27-26(30)34)20-6-4-3-5-7-20/h3-7,18-19,21-22H,8-17H2,1-2H3,(H,27,34)/t19-,21-,22?. The molecule has 1 aliphatic carbocycles. The normalized spacial score (nSPS) is 26.0. The van der Waals surface area contributed by atoms with Crippen molar-refractivity contribution in [2.24, 2.45) is 17.8 Å². The van der Waals surface area contributed by atoms with Gasteiger partial charge in [0.1, 0.15) is 0 Å². The third-order valence-corrected chi connectivity index (χ3v) is 7.46. The summed E-state index contributed by atoms with van der Waals surface area (Å²) in [6.45, 7) is 6.64.